The molecule has 0 N–H and O–H groups in total. The van der Waals surface area contributed by atoms with Crippen LogP contribution in [-0.4, -0.2) is 10.5 Å². The number of hydrogen-bond donors (Lipinski definition) is 0. The van der Waals surface area contributed by atoms with Crippen molar-refractivity contribution in [2.24, 2.45) is 7.05 Å². The number of hydrogen-bond acceptors (Lipinski definition) is 2. The van der Waals surface area contributed by atoms with E-state index in [1.807, 2.05) is 17.8 Å². The molecule has 0 aliphatic heterocycles. The minimum Gasteiger partial charge on any atom is -0.545 e. The van der Waals surface area contributed by atoms with E-state index in [1.165, 1.54) is 0 Å². The summed E-state index contributed by atoms with van der Waals surface area (Å²) in [5, 5.41) is 9.14. The molecular formula is C9H14N2O2. The van der Waals surface area contributed by atoms with Crippen molar-refractivity contribution >= 4 is 5.97 Å². The van der Waals surface area contributed by atoms with Crippen LogP contribution in [0, 0.1) is 0 Å². The molecule has 1 heterocycles. The van der Waals surface area contributed by atoms with Gasteiger partial charge in [0.05, 0.1) is 19.6 Å². The normalized spacial score (nSPS) is 8.46. The molecule has 0 bridgehead atoms. The van der Waals surface area contributed by atoms with Crippen LogP contribution in [0.15, 0.2) is 31.4 Å². The minimum atomic E-state index is -1.23. The van der Waals surface area contributed by atoms with Crippen LogP contribution in [0.2, 0.25) is 0 Å². The van der Waals surface area contributed by atoms with Crippen molar-refractivity contribution in [2.75, 3.05) is 0 Å². The topological polar surface area (TPSA) is 48.9 Å². The number of nitrogens with zero attached hydrogens (tertiary/aromatic N) is 2. The Labute approximate surface area is 77.7 Å². The summed E-state index contributed by atoms with van der Waals surface area (Å²) in [6, 6.07) is 0. The highest BCUT2D eigenvalue weighted by Crippen LogP contribution is 1.79. The molecule has 0 saturated heterocycles. The second kappa shape index (κ2) is 5.99. The molecule has 1 aromatic heterocycles. The molecule has 0 radical (unpaired) electrons. The molecular weight excluding hydrogens is 168 g/mol. The van der Waals surface area contributed by atoms with E-state index in [1.54, 1.807) is 0 Å². The zero-order chi connectivity index (χ0) is 10.3. The number of aromatic nitrogens is 2. The number of carbonyl (C=O) groups excluding carboxylic acids is 1. The van der Waals surface area contributed by atoms with Gasteiger partial charge in [0.15, 0.2) is 0 Å². The zero-order valence-corrected chi connectivity index (χ0v) is 7.93. The number of rotatable bonds is 2. The standard InChI is InChI=1S/C6H11N2.C3H4O2/c1-3-8-5-4-7(2)6-8;1-2-3(4)5/h4-6H,3H2,1-2H3;2H,1H2,(H,4,5)/q+1;/p-1. The summed E-state index contributed by atoms with van der Waals surface area (Å²) in [5.41, 5.74) is 0. The predicted molar refractivity (Wildman–Crippen MR) is 46.5 cm³/mol. The highest BCUT2D eigenvalue weighted by Gasteiger charge is 1.92. The number of imidazole rings is 1. The molecule has 0 aliphatic rings. The van der Waals surface area contributed by atoms with Crippen molar-refractivity contribution in [3.63, 3.8) is 0 Å². The molecule has 0 saturated carbocycles. The molecule has 0 unspecified atom stereocenters. The third kappa shape index (κ3) is 5.66. The third-order valence-corrected chi connectivity index (χ3v) is 1.36. The van der Waals surface area contributed by atoms with E-state index >= 15 is 0 Å². The number of aryl methyl sites for hydroxylation is 2. The Morgan fingerprint density at radius 1 is 1.77 bits per heavy atom. The summed E-state index contributed by atoms with van der Waals surface area (Å²) in [6.45, 7) is 6.08. The van der Waals surface area contributed by atoms with Gasteiger partial charge in [-0.1, -0.05) is 6.58 Å². The van der Waals surface area contributed by atoms with Crippen molar-refractivity contribution in [2.45, 2.75) is 13.5 Å². The Morgan fingerprint density at radius 3 is 2.46 bits per heavy atom. The summed E-state index contributed by atoms with van der Waals surface area (Å²) >= 11 is 0. The lowest BCUT2D eigenvalue weighted by Gasteiger charge is -1.81. The van der Waals surface area contributed by atoms with E-state index in [0.29, 0.717) is 0 Å². The van der Waals surface area contributed by atoms with Crippen molar-refractivity contribution in [1.29, 1.82) is 0 Å². The van der Waals surface area contributed by atoms with Gasteiger partial charge in [-0.2, -0.15) is 0 Å². The van der Waals surface area contributed by atoms with Crippen molar-refractivity contribution in [3.05, 3.63) is 31.4 Å². The Hall–Kier alpha value is -1.58. The molecule has 0 fully saturated rings. The Balaban J connectivity index is 0.000000252. The summed E-state index contributed by atoms with van der Waals surface area (Å²) in [6.07, 6.45) is 6.86. The molecule has 0 aliphatic carbocycles. The van der Waals surface area contributed by atoms with Crippen molar-refractivity contribution in [3.8, 4) is 0 Å². The van der Waals surface area contributed by atoms with Gasteiger partial charge in [-0.3, -0.25) is 0 Å². The van der Waals surface area contributed by atoms with Gasteiger partial charge < -0.3 is 9.90 Å². The first-order valence-corrected chi connectivity index (χ1v) is 3.94. The summed E-state index contributed by atoms with van der Waals surface area (Å²) < 4.78 is 4.16. The first kappa shape index (κ1) is 11.4. The minimum absolute atomic E-state index is 0.722. The molecule has 4 heteroatoms. The molecule has 0 spiro atoms. The van der Waals surface area contributed by atoms with E-state index in [4.69, 9.17) is 9.90 Å². The van der Waals surface area contributed by atoms with Crippen LogP contribution in [0.3, 0.4) is 0 Å². The molecule has 1 rings (SSSR count). The van der Waals surface area contributed by atoms with Gasteiger partial charge in [-0.15, -0.1) is 0 Å². The largest absolute Gasteiger partial charge is 0.545 e. The van der Waals surface area contributed by atoms with Crippen LogP contribution in [-0.2, 0) is 18.4 Å². The molecule has 0 atom stereocenters. The monoisotopic (exact) mass is 182 g/mol. The van der Waals surface area contributed by atoms with Gasteiger partial charge in [0.1, 0.15) is 12.4 Å². The summed E-state index contributed by atoms with van der Waals surface area (Å²) in [5.74, 6) is -1.23. The van der Waals surface area contributed by atoms with Crippen molar-refractivity contribution in [1.82, 2.24) is 4.57 Å². The Kier molecular flexibility index (Phi) is 5.27. The lowest BCUT2D eigenvalue weighted by molar-refractivity contribution is -0.671. The highest BCUT2D eigenvalue weighted by atomic mass is 16.4. The fourth-order valence-corrected chi connectivity index (χ4v) is 0.689. The van der Waals surface area contributed by atoms with Crippen LogP contribution in [0.5, 0.6) is 0 Å². The molecule has 0 aromatic carbocycles. The predicted octanol–water partition coefficient (Wildman–Crippen LogP) is -0.745. The van der Waals surface area contributed by atoms with Gasteiger partial charge in [0.25, 0.3) is 0 Å². The molecule has 1 aromatic rings. The first-order chi connectivity index (χ1) is 6.10. The number of aliphatic carboxylic acids is 1. The van der Waals surface area contributed by atoms with Crippen LogP contribution in [0.1, 0.15) is 6.92 Å². The van der Waals surface area contributed by atoms with E-state index < -0.39 is 5.97 Å². The summed E-state index contributed by atoms with van der Waals surface area (Å²) in [7, 11) is 2.02. The lowest BCUT2D eigenvalue weighted by atomic mass is 10.7. The van der Waals surface area contributed by atoms with Gasteiger partial charge in [-0.25, -0.2) is 9.13 Å². The molecule has 72 valence electrons. The quantitative estimate of drug-likeness (QED) is 0.446. The maximum atomic E-state index is 9.14. The molecule has 13 heavy (non-hydrogen) atoms. The van der Waals surface area contributed by atoms with E-state index in [-0.39, 0.29) is 0 Å². The van der Waals surface area contributed by atoms with Gasteiger partial charge in [0.2, 0.25) is 6.33 Å². The maximum absolute atomic E-state index is 9.14. The highest BCUT2D eigenvalue weighted by molar-refractivity contribution is 5.76. The van der Waals surface area contributed by atoms with Gasteiger partial charge >= 0.3 is 0 Å². The van der Waals surface area contributed by atoms with E-state index in [2.05, 4.69) is 30.6 Å². The van der Waals surface area contributed by atoms with Gasteiger partial charge in [0, 0.05) is 0 Å². The van der Waals surface area contributed by atoms with E-state index in [9.17, 15) is 0 Å². The molecule has 4 nitrogen and oxygen atoms in total. The third-order valence-electron chi connectivity index (χ3n) is 1.36. The Morgan fingerprint density at radius 2 is 2.31 bits per heavy atom. The average Bonchev–Trinajstić information content (AvgIpc) is 2.52. The van der Waals surface area contributed by atoms with Crippen LogP contribution in [0.4, 0.5) is 0 Å². The van der Waals surface area contributed by atoms with Gasteiger partial charge in [-0.05, 0) is 13.0 Å². The lowest BCUT2D eigenvalue weighted by Crippen LogP contribution is -2.23. The SMILES string of the molecule is C=CC(=O)[O-].CCn1cc[n+](C)c1. The van der Waals surface area contributed by atoms with Crippen LogP contribution in [0.25, 0.3) is 0 Å². The number of carboxylic acids is 1. The fourth-order valence-electron chi connectivity index (χ4n) is 0.689. The fraction of sp³-hybridized carbons (Fsp3) is 0.333. The summed E-state index contributed by atoms with van der Waals surface area (Å²) in [4.78, 5) is 9.14. The first-order valence-electron chi connectivity index (χ1n) is 3.94. The van der Waals surface area contributed by atoms with Crippen molar-refractivity contribution < 1.29 is 14.5 Å². The Bertz CT molecular complexity index is 279. The number of carbonyl (C=O) groups is 1. The zero-order valence-electron chi connectivity index (χ0n) is 7.93. The smallest absolute Gasteiger partial charge is 0.243 e. The number of carboxylic acid groups (broad SMARTS) is 1. The molecule has 0 amide bonds. The maximum Gasteiger partial charge on any atom is 0.243 e. The average molecular weight is 182 g/mol. The second-order valence-corrected chi connectivity index (χ2v) is 2.43. The van der Waals surface area contributed by atoms with Crippen LogP contribution >= 0.6 is 0 Å². The van der Waals surface area contributed by atoms with E-state index in [0.717, 1.165) is 12.6 Å². The van der Waals surface area contributed by atoms with Crippen LogP contribution < -0.4 is 9.67 Å². The second-order valence-electron chi connectivity index (χ2n) is 2.43.